The molecule has 0 aromatic heterocycles. The highest BCUT2D eigenvalue weighted by molar-refractivity contribution is 9.10. The first-order chi connectivity index (χ1) is 6.61. The van der Waals surface area contributed by atoms with E-state index in [1.807, 2.05) is 0 Å². The molecule has 0 heterocycles. The number of benzene rings is 1. The minimum absolute atomic E-state index is 0.0103. The number of hydrogen-bond donors (Lipinski definition) is 0. The van der Waals surface area contributed by atoms with Crippen LogP contribution in [-0.4, -0.2) is 5.78 Å². The van der Waals surface area contributed by atoms with Crippen molar-refractivity contribution in [2.75, 3.05) is 0 Å². The highest BCUT2D eigenvalue weighted by Crippen LogP contribution is 2.35. The van der Waals surface area contributed by atoms with Crippen LogP contribution in [0.15, 0.2) is 16.6 Å². The second kappa shape index (κ2) is 3.42. The summed E-state index contributed by atoms with van der Waals surface area (Å²) in [6.45, 7) is 0. The van der Waals surface area contributed by atoms with Gasteiger partial charge in [-0.3, -0.25) is 4.79 Å². The third-order valence-corrected chi connectivity index (χ3v) is 3.02. The summed E-state index contributed by atoms with van der Waals surface area (Å²) >= 11 is 2.89. The van der Waals surface area contributed by atoms with E-state index in [4.69, 9.17) is 0 Å². The van der Waals surface area contributed by atoms with Gasteiger partial charge in [-0.15, -0.1) is 0 Å². The maximum Gasteiger partial charge on any atom is 0.173 e. The average molecular weight is 261 g/mol. The molecule has 4 heteroatoms. The number of hydrogen-bond acceptors (Lipinski definition) is 1. The lowest BCUT2D eigenvalue weighted by Gasteiger charge is -2.03. The Labute approximate surface area is 88.2 Å². The van der Waals surface area contributed by atoms with Crippen LogP contribution in [-0.2, 0) is 0 Å². The largest absolute Gasteiger partial charge is 0.294 e. The fourth-order valence-corrected chi connectivity index (χ4v) is 1.80. The van der Waals surface area contributed by atoms with Crippen LogP contribution in [0.4, 0.5) is 8.78 Å². The minimum Gasteiger partial charge on any atom is -0.294 e. The SMILES string of the molecule is O=C(c1ccc(F)c(F)c1Br)C1CC1. The normalized spacial score (nSPS) is 15.6. The molecule has 0 unspecified atom stereocenters. The van der Waals surface area contributed by atoms with Crippen molar-refractivity contribution in [3.63, 3.8) is 0 Å². The van der Waals surface area contributed by atoms with Crippen LogP contribution in [0, 0.1) is 17.6 Å². The van der Waals surface area contributed by atoms with Gasteiger partial charge in [0.2, 0.25) is 0 Å². The van der Waals surface area contributed by atoms with Crippen molar-refractivity contribution in [1.82, 2.24) is 0 Å². The van der Waals surface area contributed by atoms with Gasteiger partial charge in [0.15, 0.2) is 17.4 Å². The Hall–Kier alpha value is -0.770. The van der Waals surface area contributed by atoms with E-state index in [0.29, 0.717) is 0 Å². The lowest BCUT2D eigenvalue weighted by atomic mass is 10.1. The van der Waals surface area contributed by atoms with Crippen LogP contribution in [0.5, 0.6) is 0 Å². The first-order valence-corrected chi connectivity index (χ1v) is 5.08. The molecule has 1 aromatic carbocycles. The molecular weight excluding hydrogens is 254 g/mol. The fraction of sp³-hybridized carbons (Fsp3) is 0.300. The van der Waals surface area contributed by atoms with E-state index < -0.39 is 11.6 Å². The predicted octanol–water partition coefficient (Wildman–Crippen LogP) is 3.32. The summed E-state index contributed by atoms with van der Waals surface area (Å²) in [4.78, 5) is 11.6. The van der Waals surface area contributed by atoms with Gasteiger partial charge in [-0.2, -0.15) is 0 Å². The number of halogens is 3. The maximum atomic E-state index is 13.1. The molecule has 0 aliphatic heterocycles. The second-order valence-corrected chi connectivity index (χ2v) is 4.15. The van der Waals surface area contributed by atoms with Gasteiger partial charge < -0.3 is 0 Å². The van der Waals surface area contributed by atoms with Gasteiger partial charge in [-0.1, -0.05) is 0 Å². The summed E-state index contributed by atoms with van der Waals surface area (Å²) in [5.74, 6) is -2.02. The molecule has 0 radical (unpaired) electrons. The number of rotatable bonds is 2. The van der Waals surface area contributed by atoms with Crippen molar-refractivity contribution in [2.45, 2.75) is 12.8 Å². The molecular formula is C10H7BrF2O. The van der Waals surface area contributed by atoms with Gasteiger partial charge in [0.25, 0.3) is 0 Å². The molecule has 74 valence electrons. The molecule has 0 spiro atoms. The van der Waals surface area contributed by atoms with Gasteiger partial charge in [-0.05, 0) is 40.9 Å². The number of ketones is 1. The van der Waals surface area contributed by atoms with Crippen molar-refractivity contribution in [1.29, 1.82) is 0 Å². The molecule has 1 aromatic rings. The van der Waals surface area contributed by atoms with E-state index >= 15 is 0 Å². The van der Waals surface area contributed by atoms with Crippen LogP contribution >= 0.6 is 15.9 Å². The Morgan fingerprint density at radius 1 is 1.36 bits per heavy atom. The Kier molecular flexibility index (Phi) is 2.39. The molecule has 0 atom stereocenters. The maximum absolute atomic E-state index is 13.1. The monoisotopic (exact) mass is 260 g/mol. The first kappa shape index (κ1) is 9.77. The number of carbonyl (C=O) groups is 1. The Morgan fingerprint density at radius 2 is 2.00 bits per heavy atom. The van der Waals surface area contributed by atoms with E-state index in [-0.39, 0.29) is 21.7 Å². The molecule has 0 bridgehead atoms. The molecule has 1 aliphatic rings. The van der Waals surface area contributed by atoms with Crippen LogP contribution in [0.1, 0.15) is 23.2 Å². The van der Waals surface area contributed by atoms with Gasteiger partial charge >= 0.3 is 0 Å². The molecule has 14 heavy (non-hydrogen) atoms. The predicted molar refractivity (Wildman–Crippen MR) is 51.1 cm³/mol. The zero-order valence-electron chi connectivity index (χ0n) is 7.19. The van der Waals surface area contributed by atoms with Crippen molar-refractivity contribution in [2.24, 2.45) is 5.92 Å². The van der Waals surface area contributed by atoms with E-state index in [1.165, 1.54) is 6.07 Å². The second-order valence-electron chi connectivity index (χ2n) is 3.36. The van der Waals surface area contributed by atoms with Crippen LogP contribution in [0.3, 0.4) is 0 Å². The molecule has 0 amide bonds. The van der Waals surface area contributed by atoms with Crippen molar-refractivity contribution in [3.05, 3.63) is 33.8 Å². The molecule has 1 saturated carbocycles. The summed E-state index contributed by atoms with van der Waals surface area (Å²) in [7, 11) is 0. The summed E-state index contributed by atoms with van der Waals surface area (Å²) in [6, 6.07) is 2.30. The minimum atomic E-state index is -0.989. The van der Waals surface area contributed by atoms with Crippen LogP contribution in [0.25, 0.3) is 0 Å². The van der Waals surface area contributed by atoms with Crippen molar-refractivity contribution >= 4 is 21.7 Å². The lowest BCUT2D eigenvalue weighted by Crippen LogP contribution is -2.04. The van der Waals surface area contributed by atoms with Gasteiger partial charge in [-0.25, -0.2) is 8.78 Å². The highest BCUT2D eigenvalue weighted by Gasteiger charge is 2.32. The highest BCUT2D eigenvalue weighted by atomic mass is 79.9. The van der Waals surface area contributed by atoms with Crippen LogP contribution < -0.4 is 0 Å². The molecule has 0 saturated heterocycles. The molecule has 0 N–H and O–H groups in total. The summed E-state index contributed by atoms with van der Waals surface area (Å²) in [5.41, 5.74) is 0.242. The standard InChI is InChI=1S/C10H7BrF2O/c11-8-6(10(14)5-1-2-5)3-4-7(12)9(8)13/h3-5H,1-2H2. The van der Waals surface area contributed by atoms with Gasteiger partial charge in [0.1, 0.15) is 0 Å². The third kappa shape index (κ3) is 1.59. The Balaban J connectivity index is 2.43. The lowest BCUT2D eigenvalue weighted by molar-refractivity contribution is 0.0966. The first-order valence-electron chi connectivity index (χ1n) is 4.29. The summed E-state index contributed by atoms with van der Waals surface area (Å²) < 4.78 is 25.7. The molecule has 1 aliphatic carbocycles. The number of carbonyl (C=O) groups excluding carboxylic acids is 1. The summed E-state index contributed by atoms with van der Waals surface area (Å²) in [6.07, 6.45) is 1.70. The van der Waals surface area contributed by atoms with Crippen LogP contribution in [0.2, 0.25) is 0 Å². The molecule has 2 rings (SSSR count). The summed E-state index contributed by atoms with van der Waals surface area (Å²) in [5, 5.41) is 0. The Morgan fingerprint density at radius 3 is 2.57 bits per heavy atom. The quantitative estimate of drug-likeness (QED) is 0.589. The Bertz CT molecular complexity index is 399. The molecule has 1 fully saturated rings. The van der Waals surface area contributed by atoms with Crippen molar-refractivity contribution < 1.29 is 13.6 Å². The van der Waals surface area contributed by atoms with Gasteiger partial charge in [0.05, 0.1) is 4.47 Å². The third-order valence-electron chi connectivity index (χ3n) is 2.25. The van der Waals surface area contributed by atoms with E-state index in [1.54, 1.807) is 0 Å². The number of Topliss-reactive ketones (excluding diaryl/α,β-unsaturated/α-hetero) is 1. The zero-order chi connectivity index (χ0) is 10.3. The average Bonchev–Trinajstić information content (AvgIpc) is 2.97. The van der Waals surface area contributed by atoms with Gasteiger partial charge in [0, 0.05) is 11.5 Å². The molecule has 1 nitrogen and oxygen atoms in total. The zero-order valence-corrected chi connectivity index (χ0v) is 8.77. The smallest absolute Gasteiger partial charge is 0.173 e. The van der Waals surface area contributed by atoms with E-state index in [2.05, 4.69) is 15.9 Å². The topological polar surface area (TPSA) is 17.1 Å². The van der Waals surface area contributed by atoms with Crippen molar-refractivity contribution in [3.8, 4) is 0 Å². The van der Waals surface area contributed by atoms with E-state index in [0.717, 1.165) is 18.9 Å². The van der Waals surface area contributed by atoms with E-state index in [9.17, 15) is 13.6 Å². The fourth-order valence-electron chi connectivity index (χ4n) is 1.28.